The summed E-state index contributed by atoms with van der Waals surface area (Å²) in [5, 5.41) is 5.05. The summed E-state index contributed by atoms with van der Waals surface area (Å²) in [6.07, 6.45) is 0.592. The molecule has 110 valence electrons. The van der Waals surface area contributed by atoms with Gasteiger partial charge in [-0.15, -0.1) is 0 Å². The molecule has 0 saturated heterocycles. The van der Waals surface area contributed by atoms with E-state index in [-0.39, 0.29) is 24.0 Å². The van der Waals surface area contributed by atoms with Crippen LogP contribution in [0.1, 0.15) is 27.2 Å². The summed E-state index contributed by atoms with van der Waals surface area (Å²) in [5.41, 5.74) is 5.38. The molecular weight excluding hydrogens is 261 g/mol. The summed E-state index contributed by atoms with van der Waals surface area (Å²) in [4.78, 5) is 23.1. The third kappa shape index (κ3) is 3.77. The molecule has 0 radical (unpaired) electrons. The number of hydrogen-bond donors (Lipinski definition) is 3. The number of amides is 2. The van der Waals surface area contributed by atoms with Crippen LogP contribution in [-0.4, -0.2) is 18.4 Å². The molecule has 0 heterocycles. The van der Waals surface area contributed by atoms with Crippen LogP contribution in [0.25, 0.3) is 0 Å². The van der Waals surface area contributed by atoms with Gasteiger partial charge in [0.25, 0.3) is 0 Å². The quantitative estimate of drug-likeness (QED) is 0.772. The fourth-order valence-corrected chi connectivity index (χ4v) is 1.57. The Hall–Kier alpha value is -1.95. The molecule has 1 rings (SSSR count). The Balaban J connectivity index is 2.93. The molecule has 0 spiro atoms. The van der Waals surface area contributed by atoms with Gasteiger partial charge < -0.3 is 16.4 Å². The van der Waals surface area contributed by atoms with Gasteiger partial charge in [0, 0.05) is 19.2 Å². The molecule has 0 aliphatic carbocycles. The van der Waals surface area contributed by atoms with Crippen LogP contribution in [0.3, 0.4) is 0 Å². The smallest absolute Gasteiger partial charge is 0.231 e. The lowest BCUT2D eigenvalue weighted by atomic mass is 9.86. The minimum atomic E-state index is -0.678. The SMILES string of the molecule is CCC(C)(CN)C(=O)Nc1ccc(F)c(NC(C)=O)c1. The van der Waals surface area contributed by atoms with E-state index in [4.69, 9.17) is 5.73 Å². The predicted octanol–water partition coefficient (Wildman–Crippen LogP) is 2.10. The third-order valence-electron chi connectivity index (χ3n) is 3.31. The molecule has 20 heavy (non-hydrogen) atoms. The van der Waals surface area contributed by atoms with Gasteiger partial charge in [0.1, 0.15) is 5.82 Å². The van der Waals surface area contributed by atoms with Crippen LogP contribution in [0, 0.1) is 11.2 Å². The van der Waals surface area contributed by atoms with Crippen molar-refractivity contribution in [1.29, 1.82) is 0 Å². The number of hydrogen-bond acceptors (Lipinski definition) is 3. The summed E-state index contributed by atoms with van der Waals surface area (Å²) in [5.74, 6) is -1.18. The highest BCUT2D eigenvalue weighted by molar-refractivity contribution is 5.96. The zero-order chi connectivity index (χ0) is 15.3. The molecule has 2 amide bonds. The van der Waals surface area contributed by atoms with Crippen LogP contribution in [0.2, 0.25) is 0 Å². The van der Waals surface area contributed by atoms with Gasteiger partial charge in [-0.3, -0.25) is 9.59 Å². The number of carbonyl (C=O) groups excluding carboxylic acids is 2. The highest BCUT2D eigenvalue weighted by Crippen LogP contribution is 2.24. The van der Waals surface area contributed by atoms with Crippen molar-refractivity contribution in [3.8, 4) is 0 Å². The van der Waals surface area contributed by atoms with Crippen LogP contribution in [-0.2, 0) is 9.59 Å². The first-order chi connectivity index (χ1) is 9.32. The van der Waals surface area contributed by atoms with Gasteiger partial charge in [0.05, 0.1) is 11.1 Å². The van der Waals surface area contributed by atoms with Gasteiger partial charge in [0.15, 0.2) is 0 Å². The summed E-state index contributed by atoms with van der Waals surface area (Å²) in [6.45, 7) is 5.14. The monoisotopic (exact) mass is 281 g/mol. The summed E-state index contributed by atoms with van der Waals surface area (Å²) >= 11 is 0. The van der Waals surface area contributed by atoms with Crippen LogP contribution in [0.15, 0.2) is 18.2 Å². The van der Waals surface area contributed by atoms with E-state index in [0.717, 1.165) is 0 Å². The lowest BCUT2D eigenvalue weighted by Crippen LogP contribution is -2.39. The Labute approximate surface area is 117 Å². The molecule has 1 unspecified atom stereocenters. The standard InChI is InChI=1S/C14H20FN3O2/c1-4-14(3,8-16)13(20)18-10-5-6-11(15)12(7-10)17-9(2)19/h5-7H,4,8,16H2,1-3H3,(H,17,19)(H,18,20). The maximum Gasteiger partial charge on any atom is 0.231 e. The van der Waals surface area contributed by atoms with Crippen molar-refractivity contribution in [3.05, 3.63) is 24.0 Å². The zero-order valence-electron chi connectivity index (χ0n) is 11.9. The molecule has 0 bridgehead atoms. The van der Waals surface area contributed by atoms with Gasteiger partial charge in [-0.05, 0) is 31.5 Å². The van der Waals surface area contributed by atoms with Crippen LogP contribution in [0.5, 0.6) is 0 Å². The fourth-order valence-electron chi connectivity index (χ4n) is 1.57. The number of carbonyl (C=O) groups is 2. The van der Waals surface area contributed by atoms with Gasteiger partial charge >= 0.3 is 0 Å². The second kappa shape index (κ2) is 6.47. The van der Waals surface area contributed by atoms with E-state index in [0.29, 0.717) is 12.1 Å². The van der Waals surface area contributed by atoms with Gasteiger partial charge in [-0.1, -0.05) is 6.92 Å². The van der Waals surface area contributed by atoms with Crippen molar-refractivity contribution in [2.45, 2.75) is 27.2 Å². The summed E-state index contributed by atoms with van der Waals surface area (Å²) in [7, 11) is 0. The minimum absolute atomic E-state index is 0.0289. The van der Waals surface area contributed by atoms with Gasteiger partial charge in [0.2, 0.25) is 11.8 Å². The molecule has 0 aliphatic heterocycles. The fraction of sp³-hybridized carbons (Fsp3) is 0.429. The molecule has 1 aromatic rings. The largest absolute Gasteiger partial charge is 0.329 e. The molecule has 0 aliphatic rings. The van der Waals surface area contributed by atoms with Gasteiger partial charge in [-0.2, -0.15) is 0 Å². The Morgan fingerprint density at radius 3 is 2.50 bits per heavy atom. The van der Waals surface area contributed by atoms with Crippen molar-refractivity contribution in [2.24, 2.45) is 11.1 Å². The molecule has 0 saturated carbocycles. The van der Waals surface area contributed by atoms with Crippen molar-refractivity contribution in [3.63, 3.8) is 0 Å². The number of anilines is 2. The first kappa shape index (κ1) is 16.1. The van der Waals surface area contributed by atoms with Crippen molar-refractivity contribution >= 4 is 23.2 Å². The molecule has 1 atom stereocenters. The second-order valence-electron chi connectivity index (χ2n) is 4.95. The topological polar surface area (TPSA) is 84.2 Å². The lowest BCUT2D eigenvalue weighted by Gasteiger charge is -2.25. The number of halogens is 1. The third-order valence-corrected chi connectivity index (χ3v) is 3.31. The predicted molar refractivity (Wildman–Crippen MR) is 76.8 cm³/mol. The van der Waals surface area contributed by atoms with Gasteiger partial charge in [-0.25, -0.2) is 4.39 Å². The normalized spacial score (nSPS) is 13.4. The molecular formula is C14H20FN3O2. The molecule has 0 fully saturated rings. The summed E-state index contributed by atoms with van der Waals surface area (Å²) < 4.78 is 13.5. The summed E-state index contributed by atoms with van der Waals surface area (Å²) in [6, 6.07) is 4.00. The van der Waals surface area contributed by atoms with Crippen LogP contribution < -0.4 is 16.4 Å². The van der Waals surface area contributed by atoms with E-state index < -0.39 is 11.2 Å². The molecule has 1 aromatic carbocycles. The van der Waals surface area contributed by atoms with E-state index in [2.05, 4.69) is 10.6 Å². The minimum Gasteiger partial charge on any atom is -0.329 e. The Morgan fingerprint density at radius 1 is 1.35 bits per heavy atom. The molecule has 5 nitrogen and oxygen atoms in total. The average molecular weight is 281 g/mol. The van der Waals surface area contributed by atoms with E-state index in [1.807, 2.05) is 6.92 Å². The maximum absolute atomic E-state index is 13.5. The molecule has 0 aromatic heterocycles. The average Bonchev–Trinajstić information content (AvgIpc) is 2.41. The van der Waals surface area contributed by atoms with E-state index in [1.54, 1.807) is 6.92 Å². The number of nitrogens with two attached hydrogens (primary N) is 1. The molecule has 6 heteroatoms. The van der Waals surface area contributed by atoms with Crippen molar-refractivity contribution in [1.82, 2.24) is 0 Å². The number of nitrogens with one attached hydrogen (secondary N) is 2. The van der Waals surface area contributed by atoms with E-state index in [1.165, 1.54) is 25.1 Å². The Morgan fingerprint density at radius 2 is 2.00 bits per heavy atom. The lowest BCUT2D eigenvalue weighted by molar-refractivity contribution is -0.124. The first-order valence-electron chi connectivity index (χ1n) is 6.41. The first-order valence-corrected chi connectivity index (χ1v) is 6.41. The van der Waals surface area contributed by atoms with Crippen LogP contribution in [0.4, 0.5) is 15.8 Å². The highest BCUT2D eigenvalue weighted by Gasteiger charge is 2.29. The molecule has 4 N–H and O–H groups in total. The second-order valence-corrected chi connectivity index (χ2v) is 4.95. The number of rotatable bonds is 5. The van der Waals surface area contributed by atoms with Crippen molar-refractivity contribution < 1.29 is 14.0 Å². The van der Waals surface area contributed by atoms with E-state index >= 15 is 0 Å². The van der Waals surface area contributed by atoms with E-state index in [9.17, 15) is 14.0 Å². The Kier molecular flexibility index (Phi) is 5.21. The maximum atomic E-state index is 13.5. The Bertz CT molecular complexity index is 513. The zero-order valence-corrected chi connectivity index (χ0v) is 11.9. The highest BCUT2D eigenvalue weighted by atomic mass is 19.1. The van der Waals surface area contributed by atoms with Crippen molar-refractivity contribution in [2.75, 3.05) is 17.2 Å². The number of benzene rings is 1. The van der Waals surface area contributed by atoms with Crippen LogP contribution >= 0.6 is 0 Å².